The Morgan fingerprint density at radius 3 is 2.47 bits per heavy atom. The number of sulfonamides is 1. The minimum Gasteiger partial charge on any atom is -0.462 e. The molecule has 1 heterocycles. The summed E-state index contributed by atoms with van der Waals surface area (Å²) in [6, 6.07) is 16.4. The number of rotatable bonds is 9. The van der Waals surface area contributed by atoms with Crippen LogP contribution in [0.1, 0.15) is 23.0 Å². The third kappa shape index (κ3) is 6.46. The number of para-hydroxylation sites is 1. The number of hydrazone groups is 1. The van der Waals surface area contributed by atoms with E-state index in [2.05, 4.69) is 10.5 Å². The number of hydrogen-bond donors (Lipinski definition) is 1. The minimum absolute atomic E-state index is 0.190. The summed E-state index contributed by atoms with van der Waals surface area (Å²) in [5, 5.41) is 4.02. The van der Waals surface area contributed by atoms with Gasteiger partial charge in [-0.1, -0.05) is 35.9 Å². The number of amides is 1. The number of carbonyl (C=O) groups excluding carboxylic acids is 2. The molecule has 0 atom stereocenters. The van der Waals surface area contributed by atoms with Gasteiger partial charge in [0.15, 0.2) is 0 Å². The Labute approximate surface area is 202 Å². The third-order valence-corrected chi connectivity index (χ3v) is 5.94. The number of ether oxygens (including phenoxy) is 1. The highest BCUT2D eigenvalue weighted by Gasteiger charge is 2.22. The van der Waals surface area contributed by atoms with Gasteiger partial charge in [-0.15, -0.1) is 0 Å². The fourth-order valence-corrected chi connectivity index (χ4v) is 4.09. The Kier molecular flexibility index (Phi) is 8.08. The van der Waals surface area contributed by atoms with Gasteiger partial charge in [0, 0.05) is 5.56 Å². The third-order valence-electron chi connectivity index (χ3n) is 4.50. The van der Waals surface area contributed by atoms with Crippen molar-refractivity contribution < 1.29 is 27.2 Å². The molecule has 34 heavy (non-hydrogen) atoms. The van der Waals surface area contributed by atoms with Crippen molar-refractivity contribution in [3.8, 4) is 11.3 Å². The van der Waals surface area contributed by atoms with Crippen molar-refractivity contribution in [3.05, 3.63) is 77.0 Å². The molecule has 1 amide bonds. The van der Waals surface area contributed by atoms with Gasteiger partial charge < -0.3 is 9.15 Å². The molecular formula is C23H22ClN3O6S. The van der Waals surface area contributed by atoms with Crippen LogP contribution < -0.4 is 9.73 Å². The summed E-state index contributed by atoms with van der Waals surface area (Å²) < 4.78 is 35.8. The zero-order valence-electron chi connectivity index (χ0n) is 18.4. The molecule has 0 saturated heterocycles. The van der Waals surface area contributed by atoms with Gasteiger partial charge in [-0.2, -0.15) is 5.10 Å². The smallest absolute Gasteiger partial charge is 0.338 e. The molecule has 0 radical (unpaired) electrons. The van der Waals surface area contributed by atoms with Crippen molar-refractivity contribution in [1.29, 1.82) is 0 Å². The van der Waals surface area contributed by atoms with E-state index >= 15 is 0 Å². The molecule has 11 heteroatoms. The van der Waals surface area contributed by atoms with Crippen LogP contribution in [0.2, 0.25) is 5.02 Å². The number of esters is 1. The predicted molar refractivity (Wildman–Crippen MR) is 129 cm³/mol. The highest BCUT2D eigenvalue weighted by Crippen LogP contribution is 2.27. The van der Waals surface area contributed by atoms with Gasteiger partial charge in [-0.25, -0.2) is 18.6 Å². The average molecular weight is 504 g/mol. The quantitative estimate of drug-likeness (QED) is 0.270. The standard InChI is InChI=1S/C23H22ClN3O6S/c1-3-32-23(29)17-10-8-16(9-11-17)21-13-12-18(33-21)14-25-26-22(28)15-27(34(2,30)31)20-7-5-4-6-19(20)24/h4-14H,3,15H2,1-2H3,(H,26,28). The molecule has 0 bridgehead atoms. The number of hydrogen-bond acceptors (Lipinski definition) is 7. The molecule has 2 aromatic carbocycles. The summed E-state index contributed by atoms with van der Waals surface area (Å²) in [6.07, 6.45) is 2.27. The van der Waals surface area contributed by atoms with Crippen LogP contribution in [0.4, 0.5) is 5.69 Å². The number of halogens is 1. The maximum absolute atomic E-state index is 12.3. The van der Waals surface area contributed by atoms with Crippen molar-refractivity contribution in [3.63, 3.8) is 0 Å². The number of nitrogens with one attached hydrogen (secondary N) is 1. The molecular weight excluding hydrogens is 482 g/mol. The molecule has 1 aromatic heterocycles. The highest BCUT2D eigenvalue weighted by molar-refractivity contribution is 7.92. The Hall–Kier alpha value is -3.63. The lowest BCUT2D eigenvalue weighted by molar-refractivity contribution is -0.119. The first-order valence-electron chi connectivity index (χ1n) is 10.1. The van der Waals surface area contributed by atoms with E-state index in [4.69, 9.17) is 20.8 Å². The summed E-state index contributed by atoms with van der Waals surface area (Å²) in [5.74, 6) is -0.176. The SMILES string of the molecule is CCOC(=O)c1ccc(-c2ccc(C=NNC(=O)CN(c3ccccc3Cl)S(C)(=O)=O)o2)cc1. The van der Waals surface area contributed by atoms with Gasteiger partial charge in [-0.3, -0.25) is 9.10 Å². The maximum Gasteiger partial charge on any atom is 0.338 e. The molecule has 0 spiro atoms. The van der Waals surface area contributed by atoms with Crippen LogP contribution in [0.3, 0.4) is 0 Å². The van der Waals surface area contributed by atoms with E-state index in [1.54, 1.807) is 55.5 Å². The molecule has 9 nitrogen and oxygen atoms in total. The predicted octanol–water partition coefficient (Wildman–Crippen LogP) is 3.69. The summed E-state index contributed by atoms with van der Waals surface area (Å²) in [7, 11) is -3.76. The first-order valence-corrected chi connectivity index (χ1v) is 12.3. The molecule has 0 fully saturated rings. The summed E-state index contributed by atoms with van der Waals surface area (Å²) >= 11 is 6.08. The second-order valence-corrected chi connectivity index (χ2v) is 9.33. The first kappa shape index (κ1) is 25.0. The van der Waals surface area contributed by atoms with Gasteiger partial charge in [0.25, 0.3) is 5.91 Å². The van der Waals surface area contributed by atoms with Crippen molar-refractivity contribution in [1.82, 2.24) is 5.43 Å². The van der Waals surface area contributed by atoms with Crippen molar-refractivity contribution in [2.75, 3.05) is 23.7 Å². The van der Waals surface area contributed by atoms with Gasteiger partial charge in [0.2, 0.25) is 10.0 Å². The molecule has 3 rings (SSSR count). The van der Waals surface area contributed by atoms with Crippen LogP contribution in [0.5, 0.6) is 0 Å². The lowest BCUT2D eigenvalue weighted by Gasteiger charge is -2.22. The van der Waals surface area contributed by atoms with Gasteiger partial charge in [0.1, 0.15) is 18.1 Å². The fraction of sp³-hybridized carbons (Fsp3) is 0.174. The van der Waals surface area contributed by atoms with Crippen LogP contribution in [-0.2, 0) is 19.6 Å². The maximum atomic E-state index is 12.3. The van der Waals surface area contributed by atoms with E-state index in [0.717, 1.165) is 16.1 Å². The Balaban J connectivity index is 1.63. The van der Waals surface area contributed by atoms with Gasteiger partial charge >= 0.3 is 5.97 Å². The fourth-order valence-electron chi connectivity index (χ4n) is 2.93. The lowest BCUT2D eigenvalue weighted by Crippen LogP contribution is -2.39. The van der Waals surface area contributed by atoms with Crippen LogP contribution in [0.25, 0.3) is 11.3 Å². The molecule has 0 saturated carbocycles. The minimum atomic E-state index is -3.76. The number of nitrogens with zero attached hydrogens (tertiary/aromatic N) is 2. The normalized spacial score (nSPS) is 11.4. The second kappa shape index (κ2) is 11.0. The van der Waals surface area contributed by atoms with Crippen LogP contribution in [0, 0.1) is 0 Å². The van der Waals surface area contributed by atoms with E-state index in [1.807, 2.05) is 0 Å². The van der Waals surface area contributed by atoms with E-state index in [1.165, 1.54) is 18.3 Å². The van der Waals surface area contributed by atoms with Crippen molar-refractivity contribution >= 4 is 45.4 Å². The first-order chi connectivity index (χ1) is 16.2. The second-order valence-electron chi connectivity index (χ2n) is 7.01. The largest absolute Gasteiger partial charge is 0.462 e. The number of benzene rings is 2. The zero-order valence-corrected chi connectivity index (χ0v) is 20.0. The molecule has 0 aliphatic rings. The average Bonchev–Trinajstić information content (AvgIpc) is 3.26. The lowest BCUT2D eigenvalue weighted by atomic mass is 10.1. The Morgan fingerprint density at radius 1 is 1.12 bits per heavy atom. The van der Waals surface area contributed by atoms with Crippen molar-refractivity contribution in [2.45, 2.75) is 6.92 Å². The van der Waals surface area contributed by atoms with Crippen molar-refractivity contribution in [2.24, 2.45) is 5.10 Å². The monoisotopic (exact) mass is 503 g/mol. The number of carbonyl (C=O) groups is 2. The summed E-state index contributed by atoms with van der Waals surface area (Å²) in [5.41, 5.74) is 3.63. The van der Waals surface area contributed by atoms with E-state index in [0.29, 0.717) is 23.7 Å². The highest BCUT2D eigenvalue weighted by atomic mass is 35.5. The number of anilines is 1. The molecule has 1 N–H and O–H groups in total. The molecule has 0 aliphatic heterocycles. The Morgan fingerprint density at radius 2 is 1.82 bits per heavy atom. The van der Waals surface area contributed by atoms with Crippen LogP contribution in [-0.4, -0.2) is 45.9 Å². The molecule has 178 valence electrons. The molecule has 0 unspecified atom stereocenters. The van der Waals surface area contributed by atoms with Crippen LogP contribution in [0.15, 0.2) is 70.2 Å². The van der Waals surface area contributed by atoms with Crippen LogP contribution >= 0.6 is 11.6 Å². The van der Waals surface area contributed by atoms with Gasteiger partial charge in [-0.05, 0) is 43.3 Å². The summed E-state index contributed by atoms with van der Waals surface area (Å²) in [4.78, 5) is 24.0. The summed E-state index contributed by atoms with van der Waals surface area (Å²) in [6.45, 7) is 1.53. The molecule has 0 aliphatic carbocycles. The van der Waals surface area contributed by atoms with Gasteiger partial charge in [0.05, 0.1) is 35.4 Å². The topological polar surface area (TPSA) is 118 Å². The Bertz CT molecular complexity index is 1300. The zero-order chi connectivity index (χ0) is 24.7. The van der Waals surface area contributed by atoms with E-state index < -0.39 is 28.4 Å². The van der Waals surface area contributed by atoms with E-state index in [9.17, 15) is 18.0 Å². The molecule has 3 aromatic rings. The van der Waals surface area contributed by atoms with E-state index in [-0.39, 0.29) is 10.7 Å². The number of furan rings is 1.